The lowest BCUT2D eigenvalue weighted by atomic mass is 10.0. The number of hydrogen-bond acceptors (Lipinski definition) is 3. The van der Waals surface area contributed by atoms with Gasteiger partial charge in [-0.15, -0.1) is 22.9 Å². The first-order valence-corrected chi connectivity index (χ1v) is 8.58. The second-order valence-electron chi connectivity index (χ2n) is 5.29. The number of nitrogens with zero attached hydrogens (tertiary/aromatic N) is 2. The Labute approximate surface area is 139 Å². The second kappa shape index (κ2) is 6.59. The van der Waals surface area contributed by atoms with E-state index >= 15 is 0 Å². The Morgan fingerprint density at radius 3 is 2.77 bits per heavy atom. The fourth-order valence-corrected chi connectivity index (χ4v) is 3.79. The summed E-state index contributed by atoms with van der Waals surface area (Å²) < 4.78 is 0. The average molecular weight is 329 g/mol. The molecule has 112 valence electrons. The van der Waals surface area contributed by atoms with Crippen LogP contribution in [0, 0.1) is 13.8 Å². The van der Waals surface area contributed by atoms with Gasteiger partial charge in [0.15, 0.2) is 0 Å². The Hall–Kier alpha value is -1.71. The molecule has 2 heterocycles. The number of thiazole rings is 1. The predicted molar refractivity (Wildman–Crippen MR) is 94.7 cm³/mol. The van der Waals surface area contributed by atoms with Crippen molar-refractivity contribution in [1.82, 2.24) is 9.97 Å². The lowest BCUT2D eigenvalue weighted by molar-refractivity contribution is 1.17. The summed E-state index contributed by atoms with van der Waals surface area (Å²) in [7, 11) is 0. The van der Waals surface area contributed by atoms with Gasteiger partial charge in [0.2, 0.25) is 0 Å². The van der Waals surface area contributed by atoms with Gasteiger partial charge in [-0.3, -0.25) is 4.98 Å². The zero-order valence-electron chi connectivity index (χ0n) is 12.6. The summed E-state index contributed by atoms with van der Waals surface area (Å²) >= 11 is 7.70. The van der Waals surface area contributed by atoms with E-state index in [0.717, 1.165) is 22.7 Å². The molecular formula is C18H17ClN2S. The molecule has 0 unspecified atom stereocenters. The zero-order chi connectivity index (χ0) is 15.5. The highest BCUT2D eigenvalue weighted by Crippen LogP contribution is 2.35. The molecule has 0 aliphatic rings. The molecule has 0 saturated heterocycles. The Morgan fingerprint density at radius 2 is 2.05 bits per heavy atom. The van der Waals surface area contributed by atoms with E-state index in [1.807, 2.05) is 18.3 Å². The van der Waals surface area contributed by atoms with Crippen molar-refractivity contribution in [2.45, 2.75) is 20.3 Å². The van der Waals surface area contributed by atoms with Crippen LogP contribution in [0.25, 0.3) is 21.8 Å². The lowest BCUT2D eigenvalue weighted by Crippen LogP contribution is -1.91. The molecule has 0 amide bonds. The van der Waals surface area contributed by atoms with E-state index in [4.69, 9.17) is 16.6 Å². The summed E-state index contributed by atoms with van der Waals surface area (Å²) in [5.74, 6) is 0.604. The fraction of sp³-hybridized carbons (Fsp3) is 0.222. The molecule has 0 atom stereocenters. The van der Waals surface area contributed by atoms with Crippen molar-refractivity contribution in [2.75, 3.05) is 5.88 Å². The third kappa shape index (κ3) is 3.06. The number of benzene rings is 1. The minimum atomic E-state index is 0.604. The van der Waals surface area contributed by atoms with Crippen LogP contribution in [0.2, 0.25) is 0 Å². The lowest BCUT2D eigenvalue weighted by Gasteiger charge is -2.06. The van der Waals surface area contributed by atoms with Gasteiger partial charge in [0.1, 0.15) is 5.01 Å². The molecule has 0 fully saturated rings. The minimum Gasteiger partial charge on any atom is -0.264 e. The zero-order valence-corrected chi connectivity index (χ0v) is 14.2. The molecule has 2 aromatic heterocycles. The molecule has 0 aliphatic carbocycles. The summed E-state index contributed by atoms with van der Waals surface area (Å²) in [6.45, 7) is 4.24. The third-order valence-electron chi connectivity index (χ3n) is 3.58. The van der Waals surface area contributed by atoms with Gasteiger partial charge in [0, 0.05) is 34.3 Å². The van der Waals surface area contributed by atoms with E-state index in [-0.39, 0.29) is 0 Å². The Balaban J connectivity index is 2.14. The Kier molecular flexibility index (Phi) is 4.55. The molecule has 4 heteroatoms. The average Bonchev–Trinajstić information content (AvgIpc) is 2.95. The van der Waals surface area contributed by atoms with Crippen LogP contribution in [-0.4, -0.2) is 15.8 Å². The Morgan fingerprint density at radius 1 is 1.18 bits per heavy atom. The maximum Gasteiger partial charge on any atom is 0.125 e. The van der Waals surface area contributed by atoms with Crippen molar-refractivity contribution >= 4 is 22.9 Å². The van der Waals surface area contributed by atoms with Crippen LogP contribution < -0.4 is 0 Å². The summed E-state index contributed by atoms with van der Waals surface area (Å²) in [6, 6.07) is 10.5. The summed E-state index contributed by atoms with van der Waals surface area (Å²) in [4.78, 5) is 10.3. The van der Waals surface area contributed by atoms with E-state index in [2.05, 4.69) is 37.0 Å². The van der Waals surface area contributed by atoms with Crippen LogP contribution in [0.15, 0.2) is 42.7 Å². The SMILES string of the molecule is Cc1ccc(C)c(-c2nc(-c3cccnc3)sc2CCCl)c1. The van der Waals surface area contributed by atoms with Crippen molar-refractivity contribution in [2.24, 2.45) is 0 Å². The monoisotopic (exact) mass is 328 g/mol. The van der Waals surface area contributed by atoms with Gasteiger partial charge in [-0.25, -0.2) is 4.98 Å². The molecule has 0 bridgehead atoms. The number of hydrogen-bond donors (Lipinski definition) is 0. The summed E-state index contributed by atoms with van der Waals surface area (Å²) in [5, 5.41) is 1.00. The van der Waals surface area contributed by atoms with Crippen molar-refractivity contribution < 1.29 is 0 Å². The topological polar surface area (TPSA) is 25.8 Å². The molecule has 0 saturated carbocycles. The molecule has 1 aromatic carbocycles. The normalized spacial score (nSPS) is 10.9. The first-order valence-electron chi connectivity index (χ1n) is 7.22. The van der Waals surface area contributed by atoms with E-state index in [1.165, 1.54) is 21.6 Å². The third-order valence-corrected chi connectivity index (χ3v) is 4.93. The Bertz CT molecular complexity index is 781. The van der Waals surface area contributed by atoms with E-state index in [0.29, 0.717) is 5.88 Å². The standard InChI is InChI=1S/C18H17ClN2S/c1-12-5-6-13(2)15(10-12)17-16(7-8-19)22-18(21-17)14-4-3-9-20-11-14/h3-6,9-11H,7-8H2,1-2H3. The minimum absolute atomic E-state index is 0.604. The molecule has 0 aliphatic heterocycles. The largest absolute Gasteiger partial charge is 0.264 e. The van der Waals surface area contributed by atoms with E-state index in [1.54, 1.807) is 17.5 Å². The highest BCUT2D eigenvalue weighted by atomic mass is 35.5. The highest BCUT2D eigenvalue weighted by molar-refractivity contribution is 7.15. The fourth-order valence-electron chi connectivity index (χ4n) is 2.42. The molecule has 3 rings (SSSR count). The first kappa shape index (κ1) is 15.2. The molecular weight excluding hydrogens is 312 g/mol. The molecule has 22 heavy (non-hydrogen) atoms. The van der Waals surface area contributed by atoms with E-state index < -0.39 is 0 Å². The van der Waals surface area contributed by atoms with Crippen LogP contribution in [0.3, 0.4) is 0 Å². The number of aryl methyl sites for hydroxylation is 3. The maximum atomic E-state index is 5.99. The van der Waals surface area contributed by atoms with Crippen LogP contribution in [0.5, 0.6) is 0 Å². The number of alkyl halides is 1. The van der Waals surface area contributed by atoms with Crippen molar-refractivity contribution in [1.29, 1.82) is 0 Å². The number of aromatic nitrogens is 2. The molecule has 3 aromatic rings. The van der Waals surface area contributed by atoms with Gasteiger partial charge in [-0.1, -0.05) is 17.7 Å². The molecule has 0 radical (unpaired) electrons. The van der Waals surface area contributed by atoms with Crippen molar-refractivity contribution in [3.63, 3.8) is 0 Å². The van der Waals surface area contributed by atoms with E-state index in [9.17, 15) is 0 Å². The van der Waals surface area contributed by atoms with Gasteiger partial charge in [0.05, 0.1) is 5.69 Å². The summed E-state index contributed by atoms with van der Waals surface area (Å²) in [5.41, 5.74) is 5.80. The quantitative estimate of drug-likeness (QED) is 0.610. The van der Waals surface area contributed by atoms with Crippen molar-refractivity contribution in [3.8, 4) is 21.8 Å². The maximum absolute atomic E-state index is 5.99. The van der Waals surface area contributed by atoms with Crippen molar-refractivity contribution in [3.05, 3.63) is 58.7 Å². The highest BCUT2D eigenvalue weighted by Gasteiger charge is 2.15. The smallest absolute Gasteiger partial charge is 0.125 e. The van der Waals surface area contributed by atoms with Crippen LogP contribution >= 0.6 is 22.9 Å². The van der Waals surface area contributed by atoms with Gasteiger partial charge in [-0.2, -0.15) is 0 Å². The number of halogens is 1. The molecule has 0 spiro atoms. The van der Waals surface area contributed by atoms with Gasteiger partial charge in [0.25, 0.3) is 0 Å². The number of pyridine rings is 1. The molecule has 0 N–H and O–H groups in total. The molecule has 2 nitrogen and oxygen atoms in total. The second-order valence-corrected chi connectivity index (χ2v) is 6.75. The van der Waals surface area contributed by atoms with Gasteiger partial charge < -0.3 is 0 Å². The first-order chi connectivity index (χ1) is 10.7. The van der Waals surface area contributed by atoms with Crippen LogP contribution in [0.4, 0.5) is 0 Å². The van der Waals surface area contributed by atoms with Gasteiger partial charge in [-0.05, 0) is 44.0 Å². The predicted octanol–water partition coefficient (Wildman–Crippen LogP) is 5.27. The van der Waals surface area contributed by atoms with Crippen LogP contribution in [0.1, 0.15) is 16.0 Å². The van der Waals surface area contributed by atoms with Gasteiger partial charge >= 0.3 is 0 Å². The summed E-state index contributed by atoms with van der Waals surface area (Å²) in [6.07, 6.45) is 4.47. The number of rotatable bonds is 4. The van der Waals surface area contributed by atoms with Crippen LogP contribution in [-0.2, 0) is 6.42 Å².